The third-order valence-electron chi connectivity index (χ3n) is 4.67. The number of hydrogen-bond acceptors (Lipinski definition) is 4. The minimum absolute atomic E-state index is 0.00381. The van der Waals surface area contributed by atoms with Gasteiger partial charge in [0.05, 0.1) is 18.6 Å². The fraction of sp³-hybridized carbons (Fsp3) is 0.579. The SMILES string of the molecule is CC(C)CN1CCOC(CNC(=O)C2CC(=O)Nc3ccccc32)C1. The fourth-order valence-corrected chi connectivity index (χ4v) is 3.57. The van der Waals surface area contributed by atoms with E-state index >= 15 is 0 Å². The van der Waals surface area contributed by atoms with Gasteiger partial charge in [-0.15, -0.1) is 0 Å². The van der Waals surface area contributed by atoms with Crippen molar-refractivity contribution in [2.45, 2.75) is 32.3 Å². The van der Waals surface area contributed by atoms with Crippen LogP contribution in [0.15, 0.2) is 24.3 Å². The summed E-state index contributed by atoms with van der Waals surface area (Å²) in [5, 5.41) is 5.81. The van der Waals surface area contributed by atoms with E-state index in [1.54, 1.807) is 0 Å². The zero-order valence-electron chi connectivity index (χ0n) is 15.0. The molecule has 0 bridgehead atoms. The number of fused-ring (bicyclic) bond motifs is 1. The van der Waals surface area contributed by atoms with Crippen LogP contribution in [0, 0.1) is 5.92 Å². The predicted octanol–water partition coefficient (Wildman–Crippen LogP) is 1.59. The zero-order valence-corrected chi connectivity index (χ0v) is 15.0. The number of amides is 2. The van der Waals surface area contributed by atoms with E-state index in [2.05, 4.69) is 29.4 Å². The van der Waals surface area contributed by atoms with Gasteiger partial charge in [-0.2, -0.15) is 0 Å². The first kappa shape index (κ1) is 17.9. The molecule has 1 fully saturated rings. The summed E-state index contributed by atoms with van der Waals surface area (Å²) in [6.45, 7) is 8.41. The van der Waals surface area contributed by atoms with Gasteiger partial charge in [0.1, 0.15) is 0 Å². The van der Waals surface area contributed by atoms with Crippen molar-refractivity contribution in [3.8, 4) is 0 Å². The van der Waals surface area contributed by atoms with Crippen LogP contribution in [0.4, 0.5) is 5.69 Å². The molecule has 0 radical (unpaired) electrons. The lowest BCUT2D eigenvalue weighted by Gasteiger charge is -2.34. The highest BCUT2D eigenvalue weighted by atomic mass is 16.5. The summed E-state index contributed by atoms with van der Waals surface area (Å²) in [4.78, 5) is 26.9. The molecule has 0 aromatic heterocycles. The van der Waals surface area contributed by atoms with Gasteiger partial charge in [-0.3, -0.25) is 14.5 Å². The van der Waals surface area contributed by atoms with Gasteiger partial charge in [0.2, 0.25) is 11.8 Å². The van der Waals surface area contributed by atoms with Crippen LogP contribution in [0.2, 0.25) is 0 Å². The van der Waals surface area contributed by atoms with Crippen molar-refractivity contribution in [2.75, 3.05) is 38.1 Å². The first-order valence-electron chi connectivity index (χ1n) is 9.03. The molecule has 25 heavy (non-hydrogen) atoms. The standard InChI is InChI=1S/C19H27N3O3/c1-13(2)11-22-7-8-25-14(12-22)10-20-19(24)16-9-18(23)21-17-6-4-3-5-15(16)17/h3-6,13-14,16H,7-12H2,1-2H3,(H,20,24)(H,21,23). The number of hydrogen-bond donors (Lipinski definition) is 2. The normalized spacial score (nSPS) is 23.9. The highest BCUT2D eigenvalue weighted by Gasteiger charge is 2.31. The Morgan fingerprint density at radius 2 is 2.20 bits per heavy atom. The highest BCUT2D eigenvalue weighted by Crippen LogP contribution is 2.31. The van der Waals surface area contributed by atoms with E-state index in [1.807, 2.05) is 24.3 Å². The molecule has 2 N–H and O–H groups in total. The number of carbonyl (C=O) groups is 2. The molecule has 3 rings (SSSR count). The van der Waals surface area contributed by atoms with Gasteiger partial charge in [-0.1, -0.05) is 32.0 Å². The topological polar surface area (TPSA) is 70.7 Å². The number of morpholine rings is 1. The maximum Gasteiger partial charge on any atom is 0.228 e. The highest BCUT2D eigenvalue weighted by molar-refractivity contribution is 6.01. The van der Waals surface area contributed by atoms with Gasteiger partial charge in [0.25, 0.3) is 0 Å². The third-order valence-corrected chi connectivity index (χ3v) is 4.67. The van der Waals surface area contributed by atoms with E-state index in [0.717, 1.165) is 30.9 Å². The monoisotopic (exact) mass is 345 g/mol. The van der Waals surface area contributed by atoms with Gasteiger partial charge in [-0.25, -0.2) is 0 Å². The molecular weight excluding hydrogens is 318 g/mol. The first-order chi connectivity index (χ1) is 12.0. The fourth-order valence-electron chi connectivity index (χ4n) is 3.57. The van der Waals surface area contributed by atoms with Crippen LogP contribution in [0.3, 0.4) is 0 Å². The van der Waals surface area contributed by atoms with E-state index in [1.165, 1.54) is 0 Å². The van der Waals surface area contributed by atoms with Crippen molar-refractivity contribution in [3.63, 3.8) is 0 Å². The number of anilines is 1. The van der Waals surface area contributed by atoms with Gasteiger partial charge in [0.15, 0.2) is 0 Å². The largest absolute Gasteiger partial charge is 0.374 e. The lowest BCUT2D eigenvalue weighted by atomic mass is 9.90. The summed E-state index contributed by atoms with van der Waals surface area (Å²) >= 11 is 0. The van der Waals surface area contributed by atoms with Crippen LogP contribution in [0.25, 0.3) is 0 Å². The van der Waals surface area contributed by atoms with Gasteiger partial charge in [-0.05, 0) is 17.5 Å². The zero-order chi connectivity index (χ0) is 17.8. The quantitative estimate of drug-likeness (QED) is 0.850. The molecule has 2 heterocycles. The van der Waals surface area contributed by atoms with Crippen LogP contribution in [-0.4, -0.2) is 55.6 Å². The van der Waals surface area contributed by atoms with E-state index in [0.29, 0.717) is 19.1 Å². The maximum atomic E-state index is 12.6. The predicted molar refractivity (Wildman–Crippen MR) is 96.5 cm³/mol. The molecule has 1 aromatic rings. The molecule has 2 aliphatic heterocycles. The minimum atomic E-state index is -0.430. The lowest BCUT2D eigenvalue weighted by Crippen LogP contribution is -2.49. The number of rotatable bonds is 5. The molecule has 6 nitrogen and oxygen atoms in total. The van der Waals surface area contributed by atoms with Gasteiger partial charge < -0.3 is 15.4 Å². The Labute approximate surface area is 148 Å². The molecule has 2 unspecified atom stereocenters. The number of benzene rings is 1. The van der Waals surface area contributed by atoms with Crippen LogP contribution in [0.5, 0.6) is 0 Å². The summed E-state index contributed by atoms with van der Waals surface area (Å²) in [6.07, 6.45) is 0.192. The first-order valence-corrected chi connectivity index (χ1v) is 9.03. The third kappa shape index (κ3) is 4.58. The molecular formula is C19H27N3O3. The summed E-state index contributed by atoms with van der Waals surface area (Å²) in [6, 6.07) is 7.49. The van der Waals surface area contributed by atoms with Crippen molar-refractivity contribution >= 4 is 17.5 Å². The molecule has 0 saturated carbocycles. The average Bonchev–Trinajstić information content (AvgIpc) is 2.58. The summed E-state index contributed by atoms with van der Waals surface area (Å²) in [7, 11) is 0. The van der Waals surface area contributed by atoms with E-state index in [4.69, 9.17) is 4.74 Å². The summed E-state index contributed by atoms with van der Waals surface area (Å²) in [5.74, 6) is -0.0336. The van der Waals surface area contributed by atoms with Crippen molar-refractivity contribution in [2.24, 2.45) is 5.92 Å². The van der Waals surface area contributed by atoms with Crippen LogP contribution >= 0.6 is 0 Å². The van der Waals surface area contributed by atoms with E-state index in [-0.39, 0.29) is 24.3 Å². The van der Waals surface area contributed by atoms with Crippen LogP contribution < -0.4 is 10.6 Å². The second-order valence-corrected chi connectivity index (χ2v) is 7.28. The average molecular weight is 345 g/mol. The Hall–Kier alpha value is -1.92. The molecule has 1 aromatic carbocycles. The molecule has 0 aliphatic carbocycles. The van der Waals surface area contributed by atoms with Crippen molar-refractivity contribution in [1.82, 2.24) is 10.2 Å². The molecule has 2 amide bonds. The maximum absolute atomic E-state index is 12.6. The smallest absolute Gasteiger partial charge is 0.228 e. The molecule has 0 spiro atoms. The van der Waals surface area contributed by atoms with E-state index < -0.39 is 5.92 Å². The molecule has 2 atom stereocenters. The van der Waals surface area contributed by atoms with Crippen LogP contribution in [-0.2, 0) is 14.3 Å². The Balaban J connectivity index is 1.57. The minimum Gasteiger partial charge on any atom is -0.374 e. The Bertz CT molecular complexity index is 632. The molecule has 2 aliphatic rings. The Morgan fingerprint density at radius 3 is 3.00 bits per heavy atom. The van der Waals surface area contributed by atoms with Crippen molar-refractivity contribution < 1.29 is 14.3 Å². The number of nitrogens with one attached hydrogen (secondary N) is 2. The van der Waals surface area contributed by atoms with Crippen LogP contribution in [0.1, 0.15) is 31.7 Å². The second kappa shape index (κ2) is 7.97. The molecule has 136 valence electrons. The van der Waals surface area contributed by atoms with E-state index in [9.17, 15) is 9.59 Å². The van der Waals surface area contributed by atoms with Gasteiger partial charge in [0, 0.05) is 38.3 Å². The number of ether oxygens (including phenoxy) is 1. The Morgan fingerprint density at radius 1 is 1.40 bits per heavy atom. The Kier molecular flexibility index (Phi) is 5.71. The number of nitrogens with zero attached hydrogens (tertiary/aromatic N) is 1. The second-order valence-electron chi connectivity index (χ2n) is 7.28. The number of para-hydroxylation sites is 1. The summed E-state index contributed by atoms with van der Waals surface area (Å²) in [5.41, 5.74) is 1.61. The number of carbonyl (C=O) groups excluding carboxylic acids is 2. The molecule has 1 saturated heterocycles. The molecule has 6 heteroatoms. The summed E-state index contributed by atoms with van der Waals surface area (Å²) < 4.78 is 5.78. The lowest BCUT2D eigenvalue weighted by molar-refractivity contribution is -0.127. The van der Waals surface area contributed by atoms with Crippen molar-refractivity contribution in [3.05, 3.63) is 29.8 Å². The van der Waals surface area contributed by atoms with Crippen molar-refractivity contribution in [1.29, 1.82) is 0 Å². The van der Waals surface area contributed by atoms with Gasteiger partial charge >= 0.3 is 0 Å².